The molecule has 0 radical (unpaired) electrons. The highest BCUT2D eigenvalue weighted by Crippen LogP contribution is 2.29. The van der Waals surface area contributed by atoms with E-state index < -0.39 is 10.0 Å². The van der Waals surface area contributed by atoms with Gasteiger partial charge in [0.05, 0.1) is 17.1 Å². The zero-order valence-corrected chi connectivity index (χ0v) is 15.2. The summed E-state index contributed by atoms with van der Waals surface area (Å²) < 4.78 is 30.1. The monoisotopic (exact) mass is 367 g/mol. The number of aryl methyl sites for hydroxylation is 2. The largest absolute Gasteiger partial charge is 0.334 e. The molecule has 5 nitrogen and oxygen atoms in total. The fourth-order valence-electron chi connectivity index (χ4n) is 3.34. The van der Waals surface area contributed by atoms with E-state index in [0.717, 1.165) is 48.5 Å². The van der Waals surface area contributed by atoms with Crippen LogP contribution in [0.2, 0.25) is 0 Å². The molecule has 1 N–H and O–H groups in total. The standard InChI is InChI=1S/C20H21N3O2S/c24-26(25,15-16-8-2-1-3-9-16)22-18-11-5-4-10-17(18)19-14-23-13-7-6-12-20(23)21-19/h1-5,8-11,14,22H,6-7,12-13,15H2. The predicted molar refractivity (Wildman–Crippen MR) is 103 cm³/mol. The zero-order chi connectivity index (χ0) is 18.0. The van der Waals surface area contributed by atoms with Crippen LogP contribution in [0, 0.1) is 0 Å². The molecule has 3 aromatic rings. The Balaban J connectivity index is 1.63. The molecule has 0 aliphatic carbocycles. The number of nitrogens with one attached hydrogen (secondary N) is 1. The Morgan fingerprint density at radius 1 is 1.00 bits per heavy atom. The first-order valence-electron chi connectivity index (χ1n) is 8.81. The summed E-state index contributed by atoms with van der Waals surface area (Å²) in [4.78, 5) is 4.72. The SMILES string of the molecule is O=S(=O)(Cc1ccccc1)Nc1ccccc1-c1cn2c(n1)CCCC2. The van der Waals surface area contributed by atoms with Crippen molar-refractivity contribution in [3.05, 3.63) is 72.2 Å². The van der Waals surface area contributed by atoms with Crippen LogP contribution in [0.4, 0.5) is 5.69 Å². The Hall–Kier alpha value is -2.60. The molecule has 0 saturated heterocycles. The van der Waals surface area contributed by atoms with Crippen molar-refractivity contribution in [1.29, 1.82) is 0 Å². The maximum atomic E-state index is 12.6. The van der Waals surface area contributed by atoms with Gasteiger partial charge in [-0.15, -0.1) is 0 Å². The molecular formula is C20H21N3O2S. The fourth-order valence-corrected chi connectivity index (χ4v) is 4.55. The first-order valence-corrected chi connectivity index (χ1v) is 10.5. The Morgan fingerprint density at radius 2 is 1.77 bits per heavy atom. The second-order valence-electron chi connectivity index (χ2n) is 6.59. The van der Waals surface area contributed by atoms with Crippen LogP contribution in [0.25, 0.3) is 11.3 Å². The second-order valence-corrected chi connectivity index (χ2v) is 8.31. The lowest BCUT2D eigenvalue weighted by Crippen LogP contribution is -2.15. The van der Waals surface area contributed by atoms with Gasteiger partial charge in [0.1, 0.15) is 5.82 Å². The number of sulfonamides is 1. The second kappa shape index (κ2) is 6.96. The maximum Gasteiger partial charge on any atom is 0.236 e. The lowest BCUT2D eigenvalue weighted by atomic mass is 10.1. The minimum absolute atomic E-state index is 0.0537. The Morgan fingerprint density at radius 3 is 2.58 bits per heavy atom. The van der Waals surface area contributed by atoms with Crippen molar-refractivity contribution in [1.82, 2.24) is 9.55 Å². The number of nitrogens with zero attached hydrogens (tertiary/aromatic N) is 2. The van der Waals surface area contributed by atoms with E-state index in [0.29, 0.717) is 5.69 Å². The van der Waals surface area contributed by atoms with Crippen LogP contribution in [-0.2, 0) is 28.7 Å². The number of aromatic nitrogens is 2. The number of hydrogen-bond donors (Lipinski definition) is 1. The third-order valence-electron chi connectivity index (χ3n) is 4.58. The van der Waals surface area contributed by atoms with Gasteiger partial charge in [0.15, 0.2) is 0 Å². The van der Waals surface area contributed by atoms with E-state index in [1.165, 1.54) is 0 Å². The Kier molecular flexibility index (Phi) is 4.51. The summed E-state index contributed by atoms with van der Waals surface area (Å²) in [7, 11) is -3.50. The highest BCUT2D eigenvalue weighted by atomic mass is 32.2. The van der Waals surface area contributed by atoms with Crippen molar-refractivity contribution in [2.24, 2.45) is 0 Å². The van der Waals surface area contributed by atoms with E-state index in [-0.39, 0.29) is 5.75 Å². The molecule has 0 saturated carbocycles. The van der Waals surface area contributed by atoms with Crippen LogP contribution in [-0.4, -0.2) is 18.0 Å². The molecule has 0 fully saturated rings. The average Bonchev–Trinajstić information content (AvgIpc) is 3.06. The van der Waals surface area contributed by atoms with E-state index in [2.05, 4.69) is 9.29 Å². The van der Waals surface area contributed by atoms with Crippen molar-refractivity contribution in [2.75, 3.05) is 4.72 Å². The van der Waals surface area contributed by atoms with Crippen molar-refractivity contribution in [3.8, 4) is 11.3 Å². The summed E-state index contributed by atoms with van der Waals surface area (Å²) in [6, 6.07) is 16.6. The van der Waals surface area contributed by atoms with Crippen LogP contribution in [0.1, 0.15) is 24.2 Å². The molecule has 2 aromatic carbocycles. The summed E-state index contributed by atoms with van der Waals surface area (Å²) in [6.45, 7) is 0.976. The lowest BCUT2D eigenvalue weighted by molar-refractivity contribution is 0.522. The lowest BCUT2D eigenvalue weighted by Gasteiger charge is -2.12. The Bertz CT molecular complexity index is 987. The number of hydrogen-bond acceptors (Lipinski definition) is 3. The summed E-state index contributed by atoms with van der Waals surface area (Å²) in [5.74, 6) is 1.02. The number of rotatable bonds is 5. The summed E-state index contributed by atoms with van der Waals surface area (Å²) in [5.41, 5.74) is 2.96. The van der Waals surface area contributed by atoms with Crippen LogP contribution < -0.4 is 4.72 Å². The number of para-hydroxylation sites is 1. The van der Waals surface area contributed by atoms with Gasteiger partial charge in [0.2, 0.25) is 10.0 Å². The number of benzene rings is 2. The number of imidazole rings is 1. The van der Waals surface area contributed by atoms with E-state index in [4.69, 9.17) is 4.98 Å². The number of anilines is 1. The highest BCUT2D eigenvalue weighted by Gasteiger charge is 2.18. The molecule has 26 heavy (non-hydrogen) atoms. The van der Waals surface area contributed by atoms with Gasteiger partial charge in [0.25, 0.3) is 0 Å². The minimum atomic E-state index is -3.50. The van der Waals surface area contributed by atoms with Crippen LogP contribution in [0.3, 0.4) is 0 Å². The molecule has 4 rings (SSSR count). The van der Waals surface area contributed by atoms with E-state index in [1.54, 1.807) is 6.07 Å². The Labute approximate surface area is 153 Å². The van der Waals surface area contributed by atoms with Gasteiger partial charge >= 0.3 is 0 Å². The quantitative estimate of drug-likeness (QED) is 0.745. The van der Waals surface area contributed by atoms with E-state index >= 15 is 0 Å². The molecule has 134 valence electrons. The first kappa shape index (κ1) is 16.8. The van der Waals surface area contributed by atoms with Gasteiger partial charge in [-0.2, -0.15) is 0 Å². The smallest absolute Gasteiger partial charge is 0.236 e. The van der Waals surface area contributed by atoms with Crippen LogP contribution in [0.15, 0.2) is 60.8 Å². The van der Waals surface area contributed by atoms with Gasteiger partial charge in [-0.3, -0.25) is 4.72 Å². The fraction of sp³-hybridized carbons (Fsp3) is 0.250. The minimum Gasteiger partial charge on any atom is -0.334 e. The van der Waals surface area contributed by atoms with Crippen molar-refractivity contribution in [2.45, 2.75) is 31.6 Å². The van der Waals surface area contributed by atoms with Gasteiger partial charge in [0, 0.05) is 24.7 Å². The van der Waals surface area contributed by atoms with Crippen LogP contribution >= 0.6 is 0 Å². The predicted octanol–water partition coefficient (Wildman–Crippen LogP) is 3.83. The molecule has 1 aromatic heterocycles. The summed E-state index contributed by atoms with van der Waals surface area (Å²) >= 11 is 0. The molecular weight excluding hydrogens is 346 g/mol. The van der Waals surface area contributed by atoms with Gasteiger partial charge in [-0.25, -0.2) is 13.4 Å². The third-order valence-corrected chi connectivity index (χ3v) is 5.82. The molecule has 1 aliphatic rings. The van der Waals surface area contributed by atoms with Gasteiger partial charge < -0.3 is 4.57 Å². The van der Waals surface area contributed by atoms with Crippen molar-refractivity contribution in [3.63, 3.8) is 0 Å². The van der Waals surface area contributed by atoms with E-state index in [9.17, 15) is 8.42 Å². The molecule has 1 aliphatic heterocycles. The van der Waals surface area contributed by atoms with Crippen molar-refractivity contribution >= 4 is 15.7 Å². The molecule has 0 atom stereocenters. The normalized spacial score (nSPS) is 14.0. The third kappa shape index (κ3) is 3.65. The topological polar surface area (TPSA) is 64.0 Å². The molecule has 0 amide bonds. The van der Waals surface area contributed by atoms with Gasteiger partial charge in [-0.05, 0) is 24.5 Å². The molecule has 0 unspecified atom stereocenters. The number of fused-ring (bicyclic) bond motifs is 1. The van der Waals surface area contributed by atoms with Crippen molar-refractivity contribution < 1.29 is 8.42 Å². The maximum absolute atomic E-state index is 12.6. The summed E-state index contributed by atoms with van der Waals surface area (Å²) in [5, 5.41) is 0. The average molecular weight is 367 g/mol. The molecule has 0 bridgehead atoms. The molecule has 0 spiro atoms. The molecule has 2 heterocycles. The zero-order valence-electron chi connectivity index (χ0n) is 14.4. The highest BCUT2D eigenvalue weighted by molar-refractivity contribution is 7.91. The van der Waals surface area contributed by atoms with Gasteiger partial charge in [-0.1, -0.05) is 48.5 Å². The first-order chi connectivity index (χ1) is 12.6. The van der Waals surface area contributed by atoms with Crippen LogP contribution in [0.5, 0.6) is 0 Å². The summed E-state index contributed by atoms with van der Waals surface area (Å²) in [6.07, 6.45) is 5.32. The van der Waals surface area contributed by atoms with E-state index in [1.807, 2.05) is 54.7 Å². The molecule has 6 heteroatoms.